The van der Waals surface area contributed by atoms with Crippen LogP contribution < -0.4 is 0 Å². The van der Waals surface area contributed by atoms with Crippen LogP contribution in [-0.4, -0.2) is 57.4 Å². The van der Waals surface area contributed by atoms with Crippen molar-refractivity contribution in [2.45, 2.75) is 24.4 Å². The molecule has 0 aromatic rings. The second kappa shape index (κ2) is 3.36. The van der Waals surface area contributed by atoms with Crippen LogP contribution in [-0.2, 0) is 9.53 Å². The van der Waals surface area contributed by atoms with E-state index in [1.165, 1.54) is 0 Å². The molecular formula is C6H10O6. The summed E-state index contributed by atoms with van der Waals surface area (Å²) in [5, 5.41) is 35.3. The summed E-state index contributed by atoms with van der Waals surface area (Å²) in [6, 6.07) is 0. The van der Waals surface area contributed by atoms with Gasteiger partial charge in [0, 0.05) is 0 Å². The Labute approximate surface area is 68.0 Å². The molecule has 1 aliphatic rings. The third-order valence-electron chi connectivity index (χ3n) is 1.72. The van der Waals surface area contributed by atoms with Crippen molar-refractivity contribution in [1.82, 2.24) is 0 Å². The fraction of sp³-hybridized carbons (Fsp3) is 0.833. The molecule has 0 bridgehead atoms. The monoisotopic (exact) mass is 178 g/mol. The summed E-state index contributed by atoms with van der Waals surface area (Å²) in [6.07, 6.45) is -5.70. The minimum absolute atomic E-state index is 0.637. The van der Waals surface area contributed by atoms with Crippen molar-refractivity contribution in [2.75, 3.05) is 6.61 Å². The number of rotatable bonds is 2. The molecule has 0 unspecified atom stereocenters. The summed E-state index contributed by atoms with van der Waals surface area (Å²) in [4.78, 5) is 10.6. The molecule has 12 heavy (non-hydrogen) atoms. The van der Waals surface area contributed by atoms with Gasteiger partial charge in [-0.2, -0.15) is 0 Å². The lowest BCUT2D eigenvalue weighted by molar-refractivity contribution is -0.151. The molecule has 1 fully saturated rings. The highest BCUT2D eigenvalue weighted by molar-refractivity contribution is 5.77. The highest BCUT2D eigenvalue weighted by Crippen LogP contribution is 2.18. The molecule has 1 rings (SSSR count). The van der Waals surface area contributed by atoms with Crippen molar-refractivity contribution in [1.29, 1.82) is 0 Å². The zero-order valence-electron chi connectivity index (χ0n) is 6.12. The van der Waals surface area contributed by atoms with Gasteiger partial charge in [-0.25, -0.2) is 4.79 Å². The molecule has 4 atom stereocenters. The molecule has 0 aromatic heterocycles. The van der Waals surface area contributed by atoms with Crippen molar-refractivity contribution in [3.8, 4) is 0 Å². The predicted molar refractivity (Wildman–Crippen MR) is 35.0 cm³/mol. The number of aliphatic hydroxyl groups is 4. The Hall–Kier alpha value is -0.690. The number of ether oxygens (including phenoxy) is 1. The quantitative estimate of drug-likeness (QED) is 0.335. The van der Waals surface area contributed by atoms with Crippen LogP contribution in [0, 0.1) is 0 Å². The average Bonchev–Trinajstić information content (AvgIpc) is 2.32. The maximum atomic E-state index is 10.6. The van der Waals surface area contributed by atoms with Crippen molar-refractivity contribution in [3.05, 3.63) is 0 Å². The summed E-state index contributed by atoms with van der Waals surface area (Å²) in [6.45, 7) is -0.637. The lowest BCUT2D eigenvalue weighted by atomic mass is 10.1. The first-order chi connectivity index (χ1) is 5.57. The van der Waals surface area contributed by atoms with E-state index in [1.54, 1.807) is 0 Å². The molecule has 4 N–H and O–H groups in total. The van der Waals surface area contributed by atoms with Crippen LogP contribution in [0.4, 0.5) is 0 Å². The van der Waals surface area contributed by atoms with Crippen LogP contribution in [0.5, 0.6) is 0 Å². The molecule has 6 heteroatoms. The maximum absolute atomic E-state index is 10.6. The van der Waals surface area contributed by atoms with Gasteiger partial charge in [-0.3, -0.25) is 0 Å². The van der Waals surface area contributed by atoms with E-state index in [9.17, 15) is 4.79 Å². The van der Waals surface area contributed by atoms with Crippen LogP contribution >= 0.6 is 0 Å². The Balaban J connectivity index is 2.64. The smallest absolute Gasteiger partial charge is 0.338 e. The molecule has 1 saturated heterocycles. The summed E-state index contributed by atoms with van der Waals surface area (Å²) in [5.74, 6) is -0.986. The number of aliphatic hydroxyl groups excluding tert-OH is 4. The molecule has 0 amide bonds. The molecule has 0 saturated carbocycles. The Morgan fingerprint density at radius 2 is 2.08 bits per heavy atom. The van der Waals surface area contributed by atoms with Gasteiger partial charge in [0.05, 0.1) is 6.61 Å². The van der Waals surface area contributed by atoms with E-state index in [0.717, 1.165) is 0 Å². The second-order valence-electron chi connectivity index (χ2n) is 2.59. The number of carbonyl (C=O) groups excluding carboxylic acids is 1. The first-order valence-electron chi connectivity index (χ1n) is 3.43. The molecule has 70 valence electrons. The Morgan fingerprint density at radius 1 is 1.50 bits per heavy atom. The van der Waals surface area contributed by atoms with Crippen LogP contribution in [0.15, 0.2) is 0 Å². The summed E-state index contributed by atoms with van der Waals surface area (Å²) in [7, 11) is 0. The van der Waals surface area contributed by atoms with E-state index in [1.807, 2.05) is 0 Å². The minimum atomic E-state index is -1.63. The standard InChI is InChI=1S/C6H10O6/c7-1-2(8)5-3(9)4(10)6(11)12-5/h2-5,7-10H,1H2/t2-,3+,4+,5+/m0/s1. The van der Waals surface area contributed by atoms with Gasteiger partial charge in [0.2, 0.25) is 0 Å². The van der Waals surface area contributed by atoms with Crippen LogP contribution in [0.25, 0.3) is 0 Å². The summed E-state index contributed by atoms with van der Waals surface area (Å²) < 4.78 is 4.39. The van der Waals surface area contributed by atoms with Crippen LogP contribution in [0.2, 0.25) is 0 Å². The molecule has 0 aliphatic carbocycles. The molecule has 0 spiro atoms. The SMILES string of the molecule is O=C1O[C@H]([C@@H](O)CO)[C@H](O)[C@H]1O. The number of cyclic esters (lactones) is 1. The Morgan fingerprint density at radius 3 is 2.42 bits per heavy atom. The lowest BCUT2D eigenvalue weighted by Gasteiger charge is -2.17. The van der Waals surface area contributed by atoms with Crippen molar-refractivity contribution in [2.24, 2.45) is 0 Å². The topological polar surface area (TPSA) is 107 Å². The van der Waals surface area contributed by atoms with Gasteiger partial charge < -0.3 is 25.2 Å². The van der Waals surface area contributed by atoms with Crippen molar-refractivity contribution in [3.63, 3.8) is 0 Å². The summed E-state index contributed by atoms with van der Waals surface area (Å²) >= 11 is 0. The van der Waals surface area contributed by atoms with E-state index < -0.39 is 37.0 Å². The molecule has 0 radical (unpaired) electrons. The van der Waals surface area contributed by atoms with Crippen LogP contribution in [0.3, 0.4) is 0 Å². The van der Waals surface area contributed by atoms with E-state index in [2.05, 4.69) is 4.74 Å². The highest BCUT2D eigenvalue weighted by atomic mass is 16.6. The first-order valence-corrected chi connectivity index (χ1v) is 3.43. The molecular weight excluding hydrogens is 168 g/mol. The fourth-order valence-electron chi connectivity index (χ4n) is 1.00. The molecule has 0 aromatic carbocycles. The zero-order valence-corrected chi connectivity index (χ0v) is 6.12. The van der Waals surface area contributed by atoms with Crippen molar-refractivity contribution < 1.29 is 30.0 Å². The predicted octanol–water partition coefficient (Wildman–Crippen LogP) is -3.01. The normalized spacial score (nSPS) is 38.0. The van der Waals surface area contributed by atoms with Gasteiger partial charge in [0.1, 0.15) is 12.2 Å². The second-order valence-corrected chi connectivity index (χ2v) is 2.59. The highest BCUT2D eigenvalue weighted by Gasteiger charge is 2.45. The minimum Gasteiger partial charge on any atom is -0.455 e. The molecule has 1 heterocycles. The third kappa shape index (κ3) is 1.42. The number of esters is 1. The van der Waals surface area contributed by atoms with E-state index in [0.29, 0.717) is 0 Å². The Kier molecular flexibility index (Phi) is 2.63. The zero-order chi connectivity index (χ0) is 9.30. The number of hydrogen-bond acceptors (Lipinski definition) is 6. The van der Waals surface area contributed by atoms with Crippen LogP contribution in [0.1, 0.15) is 0 Å². The Bertz CT molecular complexity index is 181. The lowest BCUT2D eigenvalue weighted by Crippen LogP contribution is -2.40. The summed E-state index contributed by atoms with van der Waals surface area (Å²) in [5.41, 5.74) is 0. The van der Waals surface area contributed by atoms with E-state index in [4.69, 9.17) is 20.4 Å². The van der Waals surface area contributed by atoms with Gasteiger partial charge in [0.25, 0.3) is 0 Å². The van der Waals surface area contributed by atoms with Gasteiger partial charge in [-0.1, -0.05) is 0 Å². The van der Waals surface area contributed by atoms with Crippen molar-refractivity contribution >= 4 is 5.97 Å². The van der Waals surface area contributed by atoms with E-state index >= 15 is 0 Å². The number of hydrogen-bond donors (Lipinski definition) is 4. The van der Waals surface area contributed by atoms with Gasteiger partial charge in [-0.05, 0) is 0 Å². The first kappa shape index (κ1) is 9.40. The van der Waals surface area contributed by atoms with E-state index in [-0.39, 0.29) is 0 Å². The van der Waals surface area contributed by atoms with Gasteiger partial charge in [0.15, 0.2) is 12.2 Å². The number of carbonyl (C=O) groups is 1. The largest absolute Gasteiger partial charge is 0.455 e. The average molecular weight is 178 g/mol. The van der Waals surface area contributed by atoms with Gasteiger partial charge >= 0.3 is 5.97 Å². The maximum Gasteiger partial charge on any atom is 0.338 e. The molecule has 1 aliphatic heterocycles. The molecule has 6 nitrogen and oxygen atoms in total. The third-order valence-corrected chi connectivity index (χ3v) is 1.72. The fourth-order valence-corrected chi connectivity index (χ4v) is 1.00. The van der Waals surface area contributed by atoms with Gasteiger partial charge in [-0.15, -0.1) is 0 Å².